The molecule has 2 aromatic rings. The summed E-state index contributed by atoms with van der Waals surface area (Å²) in [5.74, 6) is -1.95. The minimum atomic E-state index is -1.24. The second-order valence-electron chi connectivity index (χ2n) is 5.66. The van der Waals surface area contributed by atoms with Crippen LogP contribution in [0.3, 0.4) is 0 Å². The van der Waals surface area contributed by atoms with Crippen molar-refractivity contribution in [2.45, 2.75) is 26.9 Å². The number of rotatable bonds is 5. The molecule has 0 fully saturated rings. The van der Waals surface area contributed by atoms with Gasteiger partial charge < -0.3 is 14.9 Å². The fraction of sp³-hybridized carbons (Fsp3) is 0.222. The molecule has 0 radical (unpaired) electrons. The van der Waals surface area contributed by atoms with Gasteiger partial charge in [-0.3, -0.25) is 0 Å². The van der Waals surface area contributed by atoms with Gasteiger partial charge in [0.2, 0.25) is 0 Å². The van der Waals surface area contributed by atoms with E-state index in [0.29, 0.717) is 22.5 Å². The van der Waals surface area contributed by atoms with Crippen molar-refractivity contribution in [2.75, 3.05) is 0 Å². The van der Waals surface area contributed by atoms with E-state index in [1.165, 1.54) is 12.1 Å². The molecule has 25 heavy (non-hydrogen) atoms. The number of aryl methyl sites for hydroxylation is 1. The van der Waals surface area contributed by atoms with Gasteiger partial charge in [0.05, 0.1) is 23.0 Å². The van der Waals surface area contributed by atoms with E-state index in [-0.39, 0.29) is 17.4 Å². The van der Waals surface area contributed by atoms with Gasteiger partial charge in [-0.2, -0.15) is 10.2 Å². The maximum Gasteiger partial charge on any atom is 0.339 e. The van der Waals surface area contributed by atoms with Gasteiger partial charge in [-0.25, -0.2) is 9.59 Å². The summed E-state index contributed by atoms with van der Waals surface area (Å²) >= 11 is 0. The number of ether oxygens (including phenoxy) is 1. The maximum atomic E-state index is 11.8. The number of carboxylic acid groups (broad SMARTS) is 1. The van der Waals surface area contributed by atoms with Crippen LogP contribution in [-0.4, -0.2) is 28.3 Å². The van der Waals surface area contributed by atoms with Crippen LogP contribution in [0.1, 0.15) is 40.1 Å². The second kappa shape index (κ2) is 7.57. The molecule has 130 valence electrons. The Bertz CT molecular complexity index is 826. The topological polar surface area (TPSA) is 109 Å². The van der Waals surface area contributed by atoms with Gasteiger partial charge in [-0.1, -0.05) is 0 Å². The van der Waals surface area contributed by atoms with E-state index >= 15 is 0 Å². The fourth-order valence-corrected chi connectivity index (χ4v) is 2.04. The van der Waals surface area contributed by atoms with Crippen LogP contribution in [0.5, 0.6) is 5.75 Å². The summed E-state index contributed by atoms with van der Waals surface area (Å²) in [7, 11) is 0. The minimum absolute atomic E-state index is 0.201. The Morgan fingerprint density at radius 3 is 2.20 bits per heavy atom. The molecule has 0 saturated heterocycles. The lowest BCUT2D eigenvalue weighted by Crippen LogP contribution is -2.11. The number of hydrogen-bond donors (Lipinski definition) is 2. The van der Waals surface area contributed by atoms with E-state index in [0.717, 1.165) is 0 Å². The number of esters is 1. The first kappa shape index (κ1) is 18.1. The van der Waals surface area contributed by atoms with Gasteiger partial charge in [0.1, 0.15) is 11.3 Å². The highest BCUT2D eigenvalue weighted by molar-refractivity contribution is 5.92. The Kier molecular flexibility index (Phi) is 5.49. The molecule has 0 aliphatic heterocycles. The second-order valence-corrected chi connectivity index (χ2v) is 5.66. The van der Waals surface area contributed by atoms with Gasteiger partial charge in [0.25, 0.3) is 0 Å². The average molecular weight is 342 g/mol. The predicted molar refractivity (Wildman–Crippen MR) is 91.0 cm³/mol. The highest BCUT2D eigenvalue weighted by atomic mass is 16.5. The molecule has 2 rings (SSSR count). The third-order valence-corrected chi connectivity index (χ3v) is 3.24. The maximum absolute atomic E-state index is 11.8. The van der Waals surface area contributed by atoms with E-state index in [4.69, 9.17) is 9.84 Å². The highest BCUT2D eigenvalue weighted by Gasteiger charge is 2.13. The molecule has 0 unspecified atom stereocenters. The van der Waals surface area contributed by atoms with Gasteiger partial charge >= 0.3 is 11.9 Å². The molecular weight excluding hydrogens is 324 g/mol. The third kappa shape index (κ3) is 4.63. The molecule has 2 N–H and O–H groups in total. The molecule has 0 aromatic heterocycles. The van der Waals surface area contributed by atoms with Gasteiger partial charge in [0.15, 0.2) is 0 Å². The van der Waals surface area contributed by atoms with Crippen molar-refractivity contribution < 1.29 is 24.5 Å². The zero-order chi connectivity index (χ0) is 18.6. The summed E-state index contributed by atoms with van der Waals surface area (Å²) in [6, 6.07) is 9.12. The molecule has 0 amide bonds. The number of hydrogen-bond acceptors (Lipinski definition) is 6. The van der Waals surface area contributed by atoms with Crippen molar-refractivity contribution >= 4 is 23.3 Å². The molecular formula is C18H18N2O5. The normalized spacial score (nSPS) is 11.0. The number of aromatic hydroxyl groups is 1. The number of aromatic carboxylic acids is 1. The number of carbonyl (C=O) groups is 2. The molecule has 0 saturated carbocycles. The van der Waals surface area contributed by atoms with Crippen LogP contribution in [0, 0.1) is 6.92 Å². The summed E-state index contributed by atoms with van der Waals surface area (Å²) in [5, 5.41) is 26.8. The molecule has 0 bridgehead atoms. The minimum Gasteiger partial charge on any atom is -0.507 e. The molecule has 0 spiro atoms. The average Bonchev–Trinajstić information content (AvgIpc) is 2.55. The van der Waals surface area contributed by atoms with Gasteiger partial charge in [-0.15, -0.1) is 0 Å². The monoisotopic (exact) mass is 342 g/mol. The quantitative estimate of drug-likeness (QED) is 0.619. The largest absolute Gasteiger partial charge is 0.507 e. The van der Waals surface area contributed by atoms with E-state index in [1.807, 2.05) is 0 Å². The molecule has 0 atom stereocenters. The molecule has 0 heterocycles. The molecule has 0 aliphatic carbocycles. The van der Waals surface area contributed by atoms with Crippen LogP contribution in [0.25, 0.3) is 0 Å². The Morgan fingerprint density at radius 2 is 1.64 bits per heavy atom. The summed E-state index contributed by atoms with van der Waals surface area (Å²) in [6.45, 7) is 5.12. The van der Waals surface area contributed by atoms with Crippen LogP contribution in [0.4, 0.5) is 11.4 Å². The van der Waals surface area contributed by atoms with E-state index in [1.54, 1.807) is 45.0 Å². The van der Waals surface area contributed by atoms with Crippen molar-refractivity contribution in [3.8, 4) is 5.75 Å². The first-order valence-electron chi connectivity index (χ1n) is 7.57. The lowest BCUT2D eigenvalue weighted by atomic mass is 10.1. The fourth-order valence-electron chi connectivity index (χ4n) is 2.04. The van der Waals surface area contributed by atoms with Crippen LogP contribution >= 0.6 is 0 Å². The first-order chi connectivity index (χ1) is 11.8. The van der Waals surface area contributed by atoms with Crippen molar-refractivity contribution in [2.24, 2.45) is 10.2 Å². The number of nitrogens with zero attached hydrogens (tertiary/aromatic N) is 2. The zero-order valence-corrected chi connectivity index (χ0v) is 14.1. The van der Waals surface area contributed by atoms with E-state index in [9.17, 15) is 14.7 Å². The zero-order valence-electron chi connectivity index (χ0n) is 14.1. The summed E-state index contributed by atoms with van der Waals surface area (Å²) in [4.78, 5) is 22.9. The lowest BCUT2D eigenvalue weighted by molar-refractivity contribution is 0.0377. The Balaban J connectivity index is 2.20. The van der Waals surface area contributed by atoms with Crippen LogP contribution in [0.15, 0.2) is 46.6 Å². The van der Waals surface area contributed by atoms with Crippen molar-refractivity contribution in [1.29, 1.82) is 0 Å². The van der Waals surface area contributed by atoms with Crippen LogP contribution in [-0.2, 0) is 4.74 Å². The third-order valence-electron chi connectivity index (χ3n) is 3.24. The summed E-state index contributed by atoms with van der Waals surface area (Å²) in [5.41, 5.74) is 1.35. The van der Waals surface area contributed by atoms with Gasteiger partial charge in [-0.05, 0) is 62.7 Å². The Labute approximate surface area is 144 Å². The summed E-state index contributed by atoms with van der Waals surface area (Å²) in [6.07, 6.45) is -0.201. The van der Waals surface area contributed by atoms with Crippen LogP contribution < -0.4 is 0 Å². The first-order valence-corrected chi connectivity index (χ1v) is 7.57. The molecule has 0 aliphatic rings. The predicted octanol–water partition coefficient (Wildman–Crippen LogP) is 4.38. The Morgan fingerprint density at radius 1 is 1.04 bits per heavy atom. The number of azo groups is 1. The van der Waals surface area contributed by atoms with Gasteiger partial charge in [0, 0.05) is 0 Å². The van der Waals surface area contributed by atoms with Crippen molar-refractivity contribution in [3.05, 3.63) is 53.1 Å². The van der Waals surface area contributed by atoms with E-state index in [2.05, 4.69) is 10.2 Å². The number of benzene rings is 2. The molecule has 7 heteroatoms. The molecule has 7 nitrogen and oxygen atoms in total. The highest BCUT2D eigenvalue weighted by Crippen LogP contribution is 2.29. The number of phenols is 1. The lowest BCUT2D eigenvalue weighted by Gasteiger charge is -2.07. The van der Waals surface area contributed by atoms with Crippen molar-refractivity contribution in [1.82, 2.24) is 0 Å². The van der Waals surface area contributed by atoms with Crippen molar-refractivity contribution in [3.63, 3.8) is 0 Å². The molecule has 2 aromatic carbocycles. The SMILES string of the molecule is Cc1cc(N=Nc2ccc(C(=O)OC(C)C)cc2)cc(C(=O)O)c1O. The standard InChI is InChI=1S/C18H18N2O5/c1-10(2)25-18(24)12-4-6-13(7-5-12)19-20-14-8-11(3)16(21)15(9-14)17(22)23/h4-10,21H,1-3H3,(H,22,23). The van der Waals surface area contributed by atoms with Crippen LogP contribution in [0.2, 0.25) is 0 Å². The van der Waals surface area contributed by atoms with E-state index < -0.39 is 11.9 Å². The Hall–Kier alpha value is -3.22. The number of carbonyl (C=O) groups excluding carboxylic acids is 1. The smallest absolute Gasteiger partial charge is 0.339 e. The summed E-state index contributed by atoms with van der Waals surface area (Å²) < 4.78 is 5.09. The number of carboxylic acids is 1.